The SMILES string of the molecule is COc1ccc2c(c1)c(C1Cc3cncnc3N1)cn2CC(=O)N1CCOCC1. The zero-order chi connectivity index (χ0) is 19.8. The Morgan fingerprint density at radius 3 is 3.00 bits per heavy atom. The van der Waals surface area contributed by atoms with Crippen LogP contribution in [-0.4, -0.2) is 58.8 Å². The molecule has 1 atom stereocenters. The van der Waals surface area contributed by atoms with E-state index >= 15 is 0 Å². The highest BCUT2D eigenvalue weighted by atomic mass is 16.5. The summed E-state index contributed by atoms with van der Waals surface area (Å²) < 4.78 is 12.9. The lowest BCUT2D eigenvalue weighted by atomic mass is 10.0. The second-order valence-electron chi connectivity index (χ2n) is 7.39. The van der Waals surface area contributed by atoms with Crippen LogP contribution in [0.5, 0.6) is 5.75 Å². The summed E-state index contributed by atoms with van der Waals surface area (Å²) in [7, 11) is 1.67. The molecule has 2 aliphatic heterocycles. The molecule has 150 valence electrons. The van der Waals surface area contributed by atoms with Gasteiger partial charge in [0, 0.05) is 53.9 Å². The van der Waals surface area contributed by atoms with Gasteiger partial charge in [0.2, 0.25) is 5.91 Å². The molecule has 0 bridgehead atoms. The monoisotopic (exact) mass is 393 g/mol. The van der Waals surface area contributed by atoms with E-state index in [-0.39, 0.29) is 11.9 Å². The Hall–Kier alpha value is -3.13. The second kappa shape index (κ2) is 7.36. The van der Waals surface area contributed by atoms with Crippen molar-refractivity contribution in [3.8, 4) is 5.75 Å². The number of nitrogens with zero attached hydrogens (tertiary/aromatic N) is 4. The van der Waals surface area contributed by atoms with Gasteiger partial charge >= 0.3 is 0 Å². The molecule has 4 heterocycles. The van der Waals surface area contributed by atoms with Crippen molar-refractivity contribution in [2.75, 3.05) is 38.7 Å². The van der Waals surface area contributed by atoms with E-state index in [0.717, 1.165) is 40.0 Å². The first-order chi connectivity index (χ1) is 14.2. The minimum atomic E-state index is 0.0797. The maximum absolute atomic E-state index is 12.8. The molecule has 29 heavy (non-hydrogen) atoms. The molecule has 1 N–H and O–H groups in total. The summed E-state index contributed by atoms with van der Waals surface area (Å²) in [5, 5.41) is 4.57. The standard InChI is InChI=1S/C21H23N5O3/c1-28-15-2-3-19-16(9-15)17(18-8-14-10-22-13-23-21(14)24-18)11-26(19)12-20(27)25-4-6-29-7-5-25/h2-3,9-11,13,18H,4-8,12H2,1H3,(H,22,23,24). The molecule has 1 unspecified atom stereocenters. The third-order valence-electron chi connectivity index (χ3n) is 5.69. The number of nitrogens with one attached hydrogen (secondary N) is 1. The summed E-state index contributed by atoms with van der Waals surface area (Å²) in [6, 6.07) is 6.07. The van der Waals surface area contributed by atoms with Crippen LogP contribution in [0.4, 0.5) is 5.82 Å². The predicted octanol–water partition coefficient (Wildman–Crippen LogP) is 2.01. The maximum Gasteiger partial charge on any atom is 0.242 e. The van der Waals surface area contributed by atoms with Crippen molar-refractivity contribution in [1.29, 1.82) is 0 Å². The van der Waals surface area contributed by atoms with E-state index in [9.17, 15) is 4.79 Å². The van der Waals surface area contributed by atoms with E-state index in [4.69, 9.17) is 9.47 Å². The number of hydrogen-bond acceptors (Lipinski definition) is 6. The number of morpholine rings is 1. The van der Waals surface area contributed by atoms with Gasteiger partial charge in [-0.3, -0.25) is 4.79 Å². The molecule has 1 saturated heterocycles. The van der Waals surface area contributed by atoms with Gasteiger partial charge in [0.1, 0.15) is 24.4 Å². The highest BCUT2D eigenvalue weighted by Gasteiger charge is 2.27. The molecule has 2 aliphatic rings. The van der Waals surface area contributed by atoms with Gasteiger partial charge in [0.15, 0.2) is 0 Å². The summed E-state index contributed by atoms with van der Waals surface area (Å²) in [4.78, 5) is 23.2. The Kier molecular flexibility index (Phi) is 4.55. The number of anilines is 1. The normalized spacial score (nSPS) is 18.5. The fraction of sp³-hybridized carbons (Fsp3) is 0.381. The van der Waals surface area contributed by atoms with Crippen LogP contribution in [0.3, 0.4) is 0 Å². The maximum atomic E-state index is 12.8. The van der Waals surface area contributed by atoms with E-state index in [2.05, 4.69) is 21.5 Å². The van der Waals surface area contributed by atoms with Crippen LogP contribution in [0.2, 0.25) is 0 Å². The molecule has 0 spiro atoms. The van der Waals surface area contributed by atoms with Crippen molar-refractivity contribution in [2.45, 2.75) is 19.0 Å². The number of amides is 1. The van der Waals surface area contributed by atoms with E-state index in [0.29, 0.717) is 32.8 Å². The van der Waals surface area contributed by atoms with Gasteiger partial charge in [-0.1, -0.05) is 0 Å². The third kappa shape index (κ3) is 3.29. The summed E-state index contributed by atoms with van der Waals surface area (Å²) in [5.41, 5.74) is 3.25. The number of ether oxygens (including phenoxy) is 2. The van der Waals surface area contributed by atoms with Gasteiger partial charge in [-0.2, -0.15) is 0 Å². The Bertz CT molecular complexity index is 1030. The Balaban J connectivity index is 1.49. The Morgan fingerprint density at radius 1 is 1.34 bits per heavy atom. The van der Waals surface area contributed by atoms with Gasteiger partial charge in [-0.25, -0.2) is 9.97 Å². The number of aromatic nitrogens is 3. The van der Waals surface area contributed by atoms with Gasteiger partial charge < -0.3 is 24.3 Å². The van der Waals surface area contributed by atoms with Crippen LogP contribution in [0.25, 0.3) is 10.9 Å². The molecule has 3 aromatic rings. The topological polar surface area (TPSA) is 81.5 Å². The zero-order valence-corrected chi connectivity index (χ0v) is 16.3. The van der Waals surface area contributed by atoms with Gasteiger partial charge in [0.25, 0.3) is 0 Å². The molecule has 5 rings (SSSR count). The van der Waals surface area contributed by atoms with E-state index in [1.807, 2.05) is 33.9 Å². The number of fused-ring (bicyclic) bond motifs is 2. The lowest BCUT2D eigenvalue weighted by Crippen LogP contribution is -2.42. The molecule has 8 nitrogen and oxygen atoms in total. The predicted molar refractivity (Wildman–Crippen MR) is 108 cm³/mol. The first kappa shape index (κ1) is 17.9. The van der Waals surface area contributed by atoms with Gasteiger partial charge in [0.05, 0.1) is 26.4 Å². The quantitative estimate of drug-likeness (QED) is 0.730. The largest absolute Gasteiger partial charge is 0.497 e. The molecule has 0 saturated carbocycles. The molecule has 1 aromatic carbocycles. The van der Waals surface area contributed by atoms with Crippen molar-refractivity contribution in [2.24, 2.45) is 0 Å². The fourth-order valence-electron chi connectivity index (χ4n) is 4.16. The molecule has 8 heteroatoms. The average Bonchev–Trinajstić information content (AvgIpc) is 3.35. The summed E-state index contributed by atoms with van der Waals surface area (Å²) >= 11 is 0. The molecule has 2 aromatic heterocycles. The number of rotatable bonds is 4. The minimum absolute atomic E-state index is 0.0797. The molecule has 0 aliphatic carbocycles. The number of hydrogen-bond donors (Lipinski definition) is 1. The van der Waals surface area contributed by atoms with Crippen molar-refractivity contribution in [1.82, 2.24) is 19.4 Å². The van der Waals surface area contributed by atoms with Gasteiger partial charge in [-0.05, 0) is 18.2 Å². The molecular formula is C21H23N5O3. The Labute approximate surface area is 168 Å². The second-order valence-corrected chi connectivity index (χ2v) is 7.39. The van der Waals surface area contributed by atoms with Crippen LogP contribution in [0.1, 0.15) is 17.2 Å². The fourth-order valence-corrected chi connectivity index (χ4v) is 4.16. The zero-order valence-electron chi connectivity index (χ0n) is 16.3. The first-order valence-corrected chi connectivity index (χ1v) is 9.80. The molecular weight excluding hydrogens is 370 g/mol. The summed E-state index contributed by atoms with van der Waals surface area (Å²) in [6.07, 6.45) is 6.31. The lowest BCUT2D eigenvalue weighted by Gasteiger charge is -2.27. The van der Waals surface area contributed by atoms with Crippen LogP contribution in [-0.2, 0) is 22.5 Å². The van der Waals surface area contributed by atoms with Crippen molar-refractivity contribution >= 4 is 22.6 Å². The summed E-state index contributed by atoms with van der Waals surface area (Å²) in [5.74, 6) is 1.78. The van der Waals surface area contributed by atoms with Crippen molar-refractivity contribution in [3.05, 3.63) is 48.0 Å². The van der Waals surface area contributed by atoms with Crippen LogP contribution >= 0.6 is 0 Å². The molecule has 0 radical (unpaired) electrons. The number of benzene rings is 1. The number of carbonyl (C=O) groups is 1. The van der Waals surface area contributed by atoms with E-state index < -0.39 is 0 Å². The highest BCUT2D eigenvalue weighted by Crippen LogP contribution is 2.37. The van der Waals surface area contributed by atoms with E-state index in [1.165, 1.54) is 0 Å². The summed E-state index contributed by atoms with van der Waals surface area (Å²) in [6.45, 7) is 2.81. The third-order valence-corrected chi connectivity index (χ3v) is 5.69. The first-order valence-electron chi connectivity index (χ1n) is 9.80. The van der Waals surface area contributed by atoms with Crippen molar-refractivity contribution in [3.63, 3.8) is 0 Å². The van der Waals surface area contributed by atoms with Crippen LogP contribution < -0.4 is 10.1 Å². The molecule has 1 amide bonds. The minimum Gasteiger partial charge on any atom is -0.497 e. The van der Waals surface area contributed by atoms with Crippen molar-refractivity contribution < 1.29 is 14.3 Å². The molecule has 1 fully saturated rings. The lowest BCUT2D eigenvalue weighted by molar-refractivity contribution is -0.135. The highest BCUT2D eigenvalue weighted by molar-refractivity contribution is 5.88. The number of methoxy groups -OCH3 is 1. The van der Waals surface area contributed by atoms with Crippen LogP contribution in [0, 0.1) is 0 Å². The smallest absolute Gasteiger partial charge is 0.242 e. The Morgan fingerprint density at radius 2 is 2.21 bits per heavy atom. The average molecular weight is 393 g/mol. The van der Waals surface area contributed by atoms with Gasteiger partial charge in [-0.15, -0.1) is 0 Å². The van der Waals surface area contributed by atoms with E-state index in [1.54, 1.807) is 13.4 Å². The number of carbonyl (C=O) groups excluding carboxylic acids is 1. The van der Waals surface area contributed by atoms with Crippen LogP contribution in [0.15, 0.2) is 36.9 Å².